The summed E-state index contributed by atoms with van der Waals surface area (Å²) < 4.78 is 0. The molecule has 1 aliphatic heterocycles. The molecule has 1 aliphatic carbocycles. The maximum absolute atomic E-state index is 11.3. The van der Waals surface area contributed by atoms with Crippen LogP contribution in [-0.4, -0.2) is 42.5 Å². The molecule has 15 heavy (non-hydrogen) atoms. The Bertz CT molecular complexity index is 226. The fraction of sp³-hybridized carbons (Fsp3) is 0.909. The fourth-order valence-electron chi connectivity index (χ4n) is 2.88. The molecule has 0 aromatic heterocycles. The van der Waals surface area contributed by atoms with E-state index in [2.05, 4.69) is 10.2 Å². The molecular weight excluding hydrogens is 190 g/mol. The van der Waals surface area contributed by atoms with Gasteiger partial charge in [-0.1, -0.05) is 0 Å². The van der Waals surface area contributed by atoms with Crippen molar-refractivity contribution in [2.75, 3.05) is 19.6 Å². The minimum absolute atomic E-state index is 0.00824. The molecule has 1 amide bonds. The van der Waals surface area contributed by atoms with E-state index in [4.69, 9.17) is 5.73 Å². The van der Waals surface area contributed by atoms with Crippen LogP contribution in [0.2, 0.25) is 0 Å². The summed E-state index contributed by atoms with van der Waals surface area (Å²) in [6.07, 6.45) is 6.21. The van der Waals surface area contributed by atoms with Gasteiger partial charge in [0.25, 0.3) is 0 Å². The number of nitrogens with one attached hydrogen (secondary N) is 1. The molecule has 4 heteroatoms. The predicted molar refractivity (Wildman–Crippen MR) is 59.4 cm³/mol. The molecule has 0 bridgehead atoms. The van der Waals surface area contributed by atoms with Crippen molar-refractivity contribution in [3.05, 3.63) is 0 Å². The molecule has 0 radical (unpaired) electrons. The van der Waals surface area contributed by atoms with Gasteiger partial charge in [0.05, 0.1) is 6.54 Å². The number of nitrogens with two attached hydrogens (primary N) is 1. The number of hydrogen-bond donors (Lipinski definition) is 2. The van der Waals surface area contributed by atoms with E-state index in [1.165, 1.54) is 38.8 Å². The summed E-state index contributed by atoms with van der Waals surface area (Å²) in [5, 5.41) is 3.05. The topological polar surface area (TPSA) is 58.4 Å². The van der Waals surface area contributed by atoms with E-state index >= 15 is 0 Å². The number of amides is 1. The molecule has 2 aliphatic rings. The van der Waals surface area contributed by atoms with Crippen LogP contribution in [0.3, 0.4) is 0 Å². The molecule has 0 aromatic carbocycles. The molecule has 4 nitrogen and oxygen atoms in total. The molecule has 3 N–H and O–H groups in total. The zero-order valence-corrected chi connectivity index (χ0v) is 9.24. The molecule has 0 aromatic rings. The molecule has 1 saturated heterocycles. The van der Waals surface area contributed by atoms with Gasteiger partial charge in [0.15, 0.2) is 0 Å². The van der Waals surface area contributed by atoms with Gasteiger partial charge in [-0.3, -0.25) is 9.69 Å². The highest BCUT2D eigenvalue weighted by atomic mass is 16.1. The Morgan fingerprint density at radius 1 is 1.27 bits per heavy atom. The van der Waals surface area contributed by atoms with E-state index in [-0.39, 0.29) is 12.5 Å². The van der Waals surface area contributed by atoms with Crippen LogP contribution >= 0.6 is 0 Å². The van der Waals surface area contributed by atoms with Crippen molar-refractivity contribution < 1.29 is 4.79 Å². The van der Waals surface area contributed by atoms with Crippen molar-refractivity contribution in [1.29, 1.82) is 0 Å². The van der Waals surface area contributed by atoms with Gasteiger partial charge in [-0.15, -0.1) is 0 Å². The summed E-state index contributed by atoms with van der Waals surface area (Å²) in [5.74, 6) is -0.00824. The second-order valence-corrected chi connectivity index (χ2v) is 4.62. The predicted octanol–water partition coefficient (Wildman–Crippen LogP) is 0.0782. The summed E-state index contributed by atoms with van der Waals surface area (Å²) in [7, 11) is 0. The number of hydrogen-bond acceptors (Lipinski definition) is 3. The molecule has 0 unspecified atom stereocenters. The first-order valence-electron chi connectivity index (χ1n) is 6.05. The average Bonchev–Trinajstić information content (AvgIpc) is 2.86. The second-order valence-electron chi connectivity index (χ2n) is 4.62. The maximum atomic E-state index is 11.3. The SMILES string of the molecule is NCC(=O)N[C@H]1CCC[C@@H]1N1CCCC1. The Labute approximate surface area is 91.2 Å². The van der Waals surface area contributed by atoms with Gasteiger partial charge in [-0.25, -0.2) is 0 Å². The third kappa shape index (κ3) is 2.49. The van der Waals surface area contributed by atoms with Crippen LogP contribution in [0.15, 0.2) is 0 Å². The summed E-state index contributed by atoms with van der Waals surface area (Å²) >= 11 is 0. The average molecular weight is 211 g/mol. The van der Waals surface area contributed by atoms with Crippen LogP contribution in [0.1, 0.15) is 32.1 Å². The van der Waals surface area contributed by atoms with Gasteiger partial charge in [-0.05, 0) is 45.2 Å². The van der Waals surface area contributed by atoms with Crippen molar-refractivity contribution >= 4 is 5.91 Å². The molecule has 0 spiro atoms. The zero-order chi connectivity index (χ0) is 10.7. The van der Waals surface area contributed by atoms with Gasteiger partial charge in [0.1, 0.15) is 0 Å². The third-order valence-corrected chi connectivity index (χ3v) is 3.62. The van der Waals surface area contributed by atoms with Crippen molar-refractivity contribution in [2.24, 2.45) is 5.73 Å². The van der Waals surface area contributed by atoms with Gasteiger partial charge >= 0.3 is 0 Å². The first kappa shape index (κ1) is 10.9. The minimum atomic E-state index is -0.00824. The Kier molecular flexibility index (Phi) is 3.59. The molecule has 1 heterocycles. The van der Waals surface area contributed by atoms with Crippen LogP contribution in [0.4, 0.5) is 0 Å². The Hall–Kier alpha value is -0.610. The van der Waals surface area contributed by atoms with E-state index < -0.39 is 0 Å². The van der Waals surface area contributed by atoms with Crippen molar-refractivity contribution in [3.8, 4) is 0 Å². The Morgan fingerprint density at radius 2 is 2.00 bits per heavy atom. The molecular formula is C11H21N3O. The lowest BCUT2D eigenvalue weighted by Gasteiger charge is -2.29. The summed E-state index contributed by atoms with van der Waals surface area (Å²) in [6, 6.07) is 0.919. The normalized spacial score (nSPS) is 32.1. The Balaban J connectivity index is 1.89. The highest BCUT2D eigenvalue weighted by Crippen LogP contribution is 2.26. The van der Waals surface area contributed by atoms with E-state index in [9.17, 15) is 4.79 Å². The quantitative estimate of drug-likeness (QED) is 0.695. The van der Waals surface area contributed by atoms with Crippen LogP contribution < -0.4 is 11.1 Å². The van der Waals surface area contributed by atoms with Crippen LogP contribution in [0, 0.1) is 0 Å². The fourth-order valence-corrected chi connectivity index (χ4v) is 2.88. The maximum Gasteiger partial charge on any atom is 0.234 e. The molecule has 2 atom stereocenters. The van der Waals surface area contributed by atoms with Crippen molar-refractivity contribution in [3.63, 3.8) is 0 Å². The number of nitrogens with zero attached hydrogens (tertiary/aromatic N) is 1. The lowest BCUT2D eigenvalue weighted by atomic mass is 10.1. The summed E-state index contributed by atoms with van der Waals surface area (Å²) in [4.78, 5) is 13.8. The Morgan fingerprint density at radius 3 is 2.67 bits per heavy atom. The lowest BCUT2D eigenvalue weighted by Crippen LogP contribution is -2.49. The monoisotopic (exact) mass is 211 g/mol. The van der Waals surface area contributed by atoms with Gasteiger partial charge in [-0.2, -0.15) is 0 Å². The molecule has 1 saturated carbocycles. The standard InChI is InChI=1S/C11H21N3O/c12-8-11(15)13-9-4-3-5-10(9)14-6-1-2-7-14/h9-10H,1-8,12H2,(H,13,15)/t9-,10-/m0/s1. The van der Waals surface area contributed by atoms with E-state index in [1.807, 2.05) is 0 Å². The largest absolute Gasteiger partial charge is 0.351 e. The second kappa shape index (κ2) is 4.94. The van der Waals surface area contributed by atoms with Crippen molar-refractivity contribution in [2.45, 2.75) is 44.2 Å². The van der Waals surface area contributed by atoms with E-state index in [0.29, 0.717) is 12.1 Å². The third-order valence-electron chi connectivity index (χ3n) is 3.62. The first-order chi connectivity index (χ1) is 7.31. The molecule has 2 fully saturated rings. The van der Waals surface area contributed by atoms with Crippen molar-refractivity contribution in [1.82, 2.24) is 10.2 Å². The lowest BCUT2D eigenvalue weighted by molar-refractivity contribution is -0.120. The highest BCUT2D eigenvalue weighted by Gasteiger charge is 2.33. The smallest absolute Gasteiger partial charge is 0.234 e. The number of rotatable bonds is 3. The van der Waals surface area contributed by atoms with E-state index in [1.54, 1.807) is 0 Å². The zero-order valence-electron chi connectivity index (χ0n) is 9.24. The highest BCUT2D eigenvalue weighted by molar-refractivity contribution is 5.78. The number of carbonyl (C=O) groups is 1. The molecule has 86 valence electrons. The van der Waals surface area contributed by atoms with Gasteiger partial charge in [0, 0.05) is 12.1 Å². The van der Waals surface area contributed by atoms with Gasteiger partial charge in [0.2, 0.25) is 5.91 Å². The summed E-state index contributed by atoms with van der Waals surface area (Å²) in [6.45, 7) is 2.53. The molecule has 2 rings (SSSR count). The first-order valence-corrected chi connectivity index (χ1v) is 6.05. The van der Waals surface area contributed by atoms with Crippen LogP contribution in [0.25, 0.3) is 0 Å². The van der Waals surface area contributed by atoms with Crippen LogP contribution in [-0.2, 0) is 4.79 Å². The van der Waals surface area contributed by atoms with Gasteiger partial charge < -0.3 is 11.1 Å². The summed E-state index contributed by atoms with van der Waals surface area (Å²) in [5.41, 5.74) is 5.32. The number of likely N-dealkylation sites (tertiary alicyclic amines) is 1. The van der Waals surface area contributed by atoms with Crippen LogP contribution in [0.5, 0.6) is 0 Å². The van der Waals surface area contributed by atoms with E-state index in [0.717, 1.165) is 6.42 Å². The number of carbonyl (C=O) groups excluding carboxylic acids is 1. The minimum Gasteiger partial charge on any atom is -0.351 e.